The fourth-order valence-electron chi connectivity index (χ4n) is 5.14. The van der Waals surface area contributed by atoms with Crippen LogP contribution in [-0.4, -0.2) is 34.3 Å². The summed E-state index contributed by atoms with van der Waals surface area (Å²) in [5.74, 6) is -0.185. The monoisotopic (exact) mass is 464 g/mol. The second-order valence-corrected chi connectivity index (χ2v) is 9.23. The molecule has 2 aliphatic rings. The maximum atomic E-state index is 15.2. The van der Waals surface area contributed by atoms with Gasteiger partial charge in [-0.2, -0.15) is 0 Å². The number of pyridine rings is 1. The number of aliphatic hydroxyl groups is 1. The van der Waals surface area contributed by atoms with Crippen molar-refractivity contribution >= 4 is 22.8 Å². The van der Waals surface area contributed by atoms with Crippen LogP contribution < -0.4 is 4.74 Å². The zero-order valence-corrected chi connectivity index (χ0v) is 20.0. The van der Waals surface area contributed by atoms with Crippen LogP contribution in [0, 0.1) is 19.7 Å². The van der Waals surface area contributed by atoms with E-state index in [4.69, 9.17) is 14.5 Å². The molecular formula is C27H29FN2O4. The standard InChI is InChI=1S/C27H29FN2O4/c1-14-17-9-6-10-34-26(17)21(28)11-18(14)24-19(13-23(31)33-4)15(2)29-27-20(24)12-22(30(27)3)25(32)16-7-5-8-16/h11-12,32H,5-10,13H2,1-4H3. The highest BCUT2D eigenvalue weighted by molar-refractivity contribution is 6.00. The van der Waals surface area contributed by atoms with Gasteiger partial charge in [-0.25, -0.2) is 9.37 Å². The van der Waals surface area contributed by atoms with Crippen LogP contribution in [0.2, 0.25) is 0 Å². The molecule has 0 radical (unpaired) electrons. The summed E-state index contributed by atoms with van der Waals surface area (Å²) in [6, 6.07) is 3.41. The number of nitrogens with zero attached hydrogens (tertiary/aromatic N) is 2. The quantitative estimate of drug-likeness (QED) is 0.408. The summed E-state index contributed by atoms with van der Waals surface area (Å²) < 4.78 is 27.7. The lowest BCUT2D eigenvalue weighted by molar-refractivity contribution is -0.139. The number of carbonyl (C=O) groups excluding carboxylic acids is 1. The molecule has 7 heteroatoms. The molecule has 1 saturated carbocycles. The van der Waals surface area contributed by atoms with E-state index >= 15 is 4.39 Å². The second-order valence-electron chi connectivity index (χ2n) is 9.23. The van der Waals surface area contributed by atoms with Gasteiger partial charge >= 0.3 is 5.97 Å². The lowest BCUT2D eigenvalue weighted by Gasteiger charge is -2.23. The minimum Gasteiger partial charge on any atom is -0.506 e. The Morgan fingerprint density at radius 3 is 2.68 bits per heavy atom. The van der Waals surface area contributed by atoms with Crippen molar-refractivity contribution in [3.63, 3.8) is 0 Å². The second kappa shape index (κ2) is 8.46. The number of carbonyl (C=O) groups is 1. The smallest absolute Gasteiger partial charge is 0.310 e. The van der Waals surface area contributed by atoms with E-state index in [-0.39, 0.29) is 18.1 Å². The Morgan fingerprint density at radius 2 is 2.00 bits per heavy atom. The van der Waals surface area contributed by atoms with Crippen molar-refractivity contribution in [1.29, 1.82) is 0 Å². The third-order valence-corrected chi connectivity index (χ3v) is 7.27. The predicted octanol–water partition coefficient (Wildman–Crippen LogP) is 5.49. The molecular weight excluding hydrogens is 435 g/mol. The number of aryl methyl sites for hydroxylation is 2. The van der Waals surface area contributed by atoms with Gasteiger partial charge in [-0.1, -0.05) is 0 Å². The normalized spacial score (nSPS) is 15.0. The Balaban J connectivity index is 1.84. The van der Waals surface area contributed by atoms with Gasteiger partial charge in [0, 0.05) is 23.7 Å². The maximum Gasteiger partial charge on any atom is 0.310 e. The first kappa shape index (κ1) is 22.4. The third kappa shape index (κ3) is 3.45. The lowest BCUT2D eigenvalue weighted by Crippen LogP contribution is -2.13. The van der Waals surface area contributed by atoms with Crippen molar-refractivity contribution in [3.8, 4) is 16.9 Å². The summed E-state index contributed by atoms with van der Waals surface area (Å²) in [6.45, 7) is 4.33. The largest absolute Gasteiger partial charge is 0.506 e. The Labute approximate surface area is 198 Å². The summed E-state index contributed by atoms with van der Waals surface area (Å²) in [4.78, 5) is 17.2. The van der Waals surface area contributed by atoms with Crippen molar-refractivity contribution in [2.24, 2.45) is 7.05 Å². The van der Waals surface area contributed by atoms with Gasteiger partial charge in [-0.3, -0.25) is 4.79 Å². The van der Waals surface area contributed by atoms with E-state index in [9.17, 15) is 9.90 Å². The molecule has 1 aliphatic heterocycles. The Kier molecular flexibility index (Phi) is 5.58. The predicted molar refractivity (Wildman–Crippen MR) is 129 cm³/mol. The van der Waals surface area contributed by atoms with E-state index in [0.717, 1.165) is 59.8 Å². The summed E-state index contributed by atoms with van der Waals surface area (Å²) in [5, 5.41) is 11.7. The fourth-order valence-corrected chi connectivity index (χ4v) is 5.14. The van der Waals surface area contributed by atoms with Crippen LogP contribution in [0.1, 0.15) is 53.8 Å². The van der Waals surface area contributed by atoms with E-state index in [1.54, 1.807) is 0 Å². The number of ether oxygens (including phenoxy) is 2. The molecule has 0 atom stereocenters. The van der Waals surface area contributed by atoms with Gasteiger partial charge in [0.05, 0.1) is 25.8 Å². The molecule has 3 aromatic rings. The number of aromatic nitrogens is 2. The Hall–Kier alpha value is -3.35. The molecule has 3 heterocycles. The average Bonchev–Trinajstić information content (AvgIpc) is 3.11. The van der Waals surface area contributed by atoms with Gasteiger partial charge in [0.2, 0.25) is 0 Å². The molecule has 2 aromatic heterocycles. The zero-order chi connectivity index (χ0) is 24.1. The average molecular weight is 465 g/mol. The van der Waals surface area contributed by atoms with Crippen LogP contribution in [0.5, 0.6) is 5.75 Å². The van der Waals surface area contributed by atoms with E-state index in [1.165, 1.54) is 13.2 Å². The SMILES string of the molecule is COC(=O)Cc1c(C)nc2c(cc(C(O)=C3CCC3)n2C)c1-c1cc(F)c2c(c1C)CCCO2. The van der Waals surface area contributed by atoms with Gasteiger partial charge in [0.25, 0.3) is 0 Å². The molecule has 1 fully saturated rings. The molecule has 6 nitrogen and oxygen atoms in total. The summed E-state index contributed by atoms with van der Waals surface area (Å²) in [7, 11) is 3.23. The molecule has 34 heavy (non-hydrogen) atoms. The van der Waals surface area contributed by atoms with E-state index in [2.05, 4.69) is 0 Å². The first-order valence-electron chi connectivity index (χ1n) is 11.7. The number of benzene rings is 1. The first-order chi connectivity index (χ1) is 16.3. The molecule has 178 valence electrons. The summed E-state index contributed by atoms with van der Waals surface area (Å²) in [5.41, 5.74) is 7.02. The van der Waals surface area contributed by atoms with Crippen molar-refractivity contribution < 1.29 is 23.8 Å². The van der Waals surface area contributed by atoms with Crippen molar-refractivity contribution in [2.45, 2.75) is 52.4 Å². The number of halogens is 1. The van der Waals surface area contributed by atoms with Crippen LogP contribution in [0.25, 0.3) is 27.9 Å². The number of fused-ring (bicyclic) bond motifs is 2. The minimum atomic E-state index is -0.405. The van der Waals surface area contributed by atoms with Gasteiger partial charge in [-0.15, -0.1) is 0 Å². The number of hydrogen-bond acceptors (Lipinski definition) is 5. The highest BCUT2D eigenvalue weighted by Crippen LogP contribution is 2.43. The molecule has 0 amide bonds. The number of methoxy groups -OCH3 is 1. The molecule has 0 spiro atoms. The Bertz CT molecular complexity index is 1360. The minimum absolute atomic E-state index is 0.0204. The van der Waals surface area contributed by atoms with Crippen molar-refractivity contribution in [2.75, 3.05) is 13.7 Å². The molecule has 1 aromatic carbocycles. The van der Waals surface area contributed by atoms with Gasteiger partial charge in [0.15, 0.2) is 11.6 Å². The van der Waals surface area contributed by atoms with Crippen molar-refractivity contribution in [1.82, 2.24) is 9.55 Å². The lowest BCUT2D eigenvalue weighted by atomic mass is 9.87. The summed E-state index contributed by atoms with van der Waals surface area (Å²) >= 11 is 0. The number of rotatable bonds is 4. The molecule has 0 unspecified atom stereocenters. The van der Waals surface area contributed by atoms with Gasteiger partial charge in [0.1, 0.15) is 11.4 Å². The number of aliphatic hydroxyl groups excluding tert-OH is 1. The van der Waals surface area contributed by atoms with Gasteiger partial charge < -0.3 is 19.1 Å². The van der Waals surface area contributed by atoms with E-state index in [0.29, 0.717) is 40.5 Å². The number of esters is 1. The Morgan fingerprint density at radius 1 is 1.24 bits per heavy atom. The third-order valence-electron chi connectivity index (χ3n) is 7.27. The van der Waals surface area contributed by atoms with Gasteiger partial charge in [-0.05, 0) is 85.9 Å². The van der Waals surface area contributed by atoms with E-state index < -0.39 is 5.82 Å². The number of allylic oxidation sites excluding steroid dienone is 1. The highest BCUT2D eigenvalue weighted by atomic mass is 19.1. The topological polar surface area (TPSA) is 73.6 Å². The molecule has 1 aliphatic carbocycles. The highest BCUT2D eigenvalue weighted by Gasteiger charge is 2.27. The number of hydrogen-bond donors (Lipinski definition) is 1. The van der Waals surface area contributed by atoms with Crippen LogP contribution in [-0.2, 0) is 29.4 Å². The molecule has 5 rings (SSSR count). The molecule has 0 saturated heterocycles. The zero-order valence-electron chi connectivity index (χ0n) is 20.0. The fraction of sp³-hybridized carbons (Fsp3) is 0.407. The molecule has 1 N–H and O–H groups in total. The van der Waals surface area contributed by atoms with Crippen LogP contribution in [0.4, 0.5) is 4.39 Å². The van der Waals surface area contributed by atoms with Crippen LogP contribution in [0.15, 0.2) is 17.7 Å². The van der Waals surface area contributed by atoms with Crippen molar-refractivity contribution in [3.05, 3.63) is 51.6 Å². The van der Waals surface area contributed by atoms with E-state index in [1.807, 2.05) is 31.5 Å². The summed E-state index contributed by atoms with van der Waals surface area (Å²) in [6.07, 6.45) is 4.42. The first-order valence-corrected chi connectivity index (χ1v) is 11.7. The maximum absolute atomic E-state index is 15.2. The van der Waals surface area contributed by atoms with Crippen LogP contribution >= 0.6 is 0 Å². The van der Waals surface area contributed by atoms with Crippen LogP contribution in [0.3, 0.4) is 0 Å². The molecule has 0 bridgehead atoms.